The lowest BCUT2D eigenvalue weighted by Gasteiger charge is -2.24. The van der Waals surface area contributed by atoms with Gasteiger partial charge in [-0.2, -0.15) is 0 Å². The van der Waals surface area contributed by atoms with E-state index in [2.05, 4.69) is 23.5 Å². The molecule has 1 N–H and O–H groups in total. The smallest absolute Gasteiger partial charge is 0.271 e. The molecule has 1 amide bonds. The number of nitro groups is 1. The van der Waals surface area contributed by atoms with Crippen molar-refractivity contribution in [3.63, 3.8) is 0 Å². The quantitative estimate of drug-likeness (QED) is 0.361. The van der Waals surface area contributed by atoms with Gasteiger partial charge in [-0.25, -0.2) is 8.42 Å². The van der Waals surface area contributed by atoms with Crippen molar-refractivity contribution < 1.29 is 22.9 Å². The number of benzene rings is 2. The maximum atomic E-state index is 12.7. The molecule has 0 saturated heterocycles. The number of hydrogen-bond acceptors (Lipinski definition) is 6. The number of amides is 1. The normalized spacial score (nSPS) is 14.0. The summed E-state index contributed by atoms with van der Waals surface area (Å²) in [6.07, 6.45) is 6.69. The molecular weight excluding hydrogens is 470 g/mol. The largest absolute Gasteiger partial charge is 0.495 e. The molecule has 1 aliphatic carbocycles. The van der Waals surface area contributed by atoms with E-state index in [0.717, 1.165) is 35.4 Å². The molecule has 10 heteroatoms. The Hall–Kier alpha value is -3.14. The number of non-ortho nitro benzene ring substituents is 1. The summed E-state index contributed by atoms with van der Waals surface area (Å²) < 4.78 is 31.2. The predicted octanol–water partition coefficient (Wildman–Crippen LogP) is 4.30. The Labute approximate surface area is 206 Å². The third-order valence-corrected chi connectivity index (χ3v) is 7.51. The predicted molar refractivity (Wildman–Crippen MR) is 135 cm³/mol. The van der Waals surface area contributed by atoms with E-state index in [1.807, 2.05) is 6.92 Å². The molecule has 0 bridgehead atoms. The van der Waals surface area contributed by atoms with Crippen LogP contribution in [0.5, 0.6) is 5.75 Å². The van der Waals surface area contributed by atoms with Gasteiger partial charge in [-0.3, -0.25) is 19.2 Å². The number of sulfonamides is 1. The van der Waals surface area contributed by atoms with Gasteiger partial charge in [0.1, 0.15) is 11.4 Å². The number of aryl methyl sites for hydroxylation is 2. The number of anilines is 1. The van der Waals surface area contributed by atoms with Gasteiger partial charge in [0.25, 0.3) is 5.69 Å². The molecule has 0 heterocycles. The number of rotatable bonds is 11. The second-order valence-corrected chi connectivity index (χ2v) is 10.7. The number of fused-ring (bicyclic) bond motifs is 1. The van der Waals surface area contributed by atoms with Gasteiger partial charge in [-0.1, -0.05) is 25.1 Å². The number of nitro benzene ring substituents is 1. The van der Waals surface area contributed by atoms with Gasteiger partial charge < -0.3 is 10.1 Å². The molecular formula is C25H33N3O6S. The van der Waals surface area contributed by atoms with Crippen LogP contribution in [0.4, 0.5) is 11.4 Å². The van der Waals surface area contributed by atoms with Crippen LogP contribution >= 0.6 is 0 Å². The molecule has 1 aliphatic rings. The van der Waals surface area contributed by atoms with Crippen LogP contribution in [0.1, 0.15) is 61.8 Å². The summed E-state index contributed by atoms with van der Waals surface area (Å²) in [4.78, 5) is 23.3. The van der Waals surface area contributed by atoms with Crippen molar-refractivity contribution in [2.24, 2.45) is 0 Å². The van der Waals surface area contributed by atoms with E-state index >= 15 is 0 Å². The Balaban J connectivity index is 1.67. The first kappa shape index (κ1) is 26.5. The summed E-state index contributed by atoms with van der Waals surface area (Å²) in [5, 5.41) is 14.3. The van der Waals surface area contributed by atoms with Gasteiger partial charge in [-0.15, -0.1) is 0 Å². The molecule has 0 radical (unpaired) electrons. The first-order valence-corrected chi connectivity index (χ1v) is 13.7. The molecule has 0 spiro atoms. The van der Waals surface area contributed by atoms with Gasteiger partial charge >= 0.3 is 0 Å². The number of carbonyl (C=O) groups is 1. The van der Waals surface area contributed by atoms with E-state index in [9.17, 15) is 23.3 Å². The van der Waals surface area contributed by atoms with Crippen molar-refractivity contribution in [1.29, 1.82) is 0 Å². The third-order valence-electron chi connectivity index (χ3n) is 6.33. The van der Waals surface area contributed by atoms with Crippen molar-refractivity contribution in [3.05, 3.63) is 63.2 Å². The van der Waals surface area contributed by atoms with Crippen LogP contribution in [0.25, 0.3) is 0 Å². The average molecular weight is 504 g/mol. The first-order chi connectivity index (χ1) is 16.6. The van der Waals surface area contributed by atoms with E-state index in [0.29, 0.717) is 0 Å². The molecule has 0 saturated carbocycles. The van der Waals surface area contributed by atoms with Crippen molar-refractivity contribution in [3.8, 4) is 5.75 Å². The Bertz CT molecular complexity index is 1180. The summed E-state index contributed by atoms with van der Waals surface area (Å²) in [6, 6.07) is 10.1. The van der Waals surface area contributed by atoms with Crippen LogP contribution in [0.3, 0.4) is 0 Å². The Kier molecular flexibility index (Phi) is 8.71. The minimum Gasteiger partial charge on any atom is -0.495 e. The first-order valence-electron chi connectivity index (χ1n) is 11.8. The molecule has 3 rings (SSSR count). The molecule has 190 valence electrons. The van der Waals surface area contributed by atoms with Crippen LogP contribution < -0.4 is 14.4 Å². The monoisotopic (exact) mass is 503 g/mol. The van der Waals surface area contributed by atoms with Crippen molar-refractivity contribution in [2.75, 3.05) is 24.2 Å². The van der Waals surface area contributed by atoms with Crippen LogP contribution in [-0.2, 0) is 27.7 Å². The zero-order chi connectivity index (χ0) is 25.6. The molecule has 9 nitrogen and oxygen atoms in total. The molecule has 2 aromatic carbocycles. The summed E-state index contributed by atoms with van der Waals surface area (Å²) in [6.45, 7) is 2.00. The highest BCUT2D eigenvalue weighted by molar-refractivity contribution is 7.92. The van der Waals surface area contributed by atoms with E-state index < -0.39 is 14.9 Å². The number of methoxy groups -OCH3 is 1. The molecule has 0 aromatic heterocycles. The Morgan fingerprint density at radius 3 is 2.51 bits per heavy atom. The highest BCUT2D eigenvalue weighted by Crippen LogP contribution is 2.34. The van der Waals surface area contributed by atoms with E-state index in [4.69, 9.17) is 4.74 Å². The second kappa shape index (κ2) is 11.5. The molecule has 0 fully saturated rings. The summed E-state index contributed by atoms with van der Waals surface area (Å²) in [5.41, 5.74) is 3.66. The fraction of sp³-hybridized carbons (Fsp3) is 0.480. The van der Waals surface area contributed by atoms with Crippen LogP contribution in [-0.4, -0.2) is 39.2 Å². The third kappa shape index (κ3) is 6.72. The lowest BCUT2D eigenvalue weighted by molar-refractivity contribution is -0.384. The van der Waals surface area contributed by atoms with Crippen molar-refractivity contribution >= 4 is 27.3 Å². The summed E-state index contributed by atoms with van der Waals surface area (Å²) >= 11 is 0. The lowest BCUT2D eigenvalue weighted by atomic mass is 9.89. The van der Waals surface area contributed by atoms with E-state index in [1.165, 1.54) is 49.3 Å². The van der Waals surface area contributed by atoms with Crippen LogP contribution in [0.2, 0.25) is 0 Å². The molecule has 0 aliphatic heterocycles. The van der Waals surface area contributed by atoms with Gasteiger partial charge in [-0.05, 0) is 61.3 Å². The minimum absolute atomic E-state index is 0.0145. The topological polar surface area (TPSA) is 119 Å². The van der Waals surface area contributed by atoms with E-state index in [-0.39, 0.29) is 48.5 Å². The Morgan fingerprint density at radius 2 is 1.89 bits per heavy atom. The highest BCUT2D eigenvalue weighted by Gasteiger charge is 2.24. The van der Waals surface area contributed by atoms with Gasteiger partial charge in [0, 0.05) is 25.1 Å². The number of nitrogens with zero attached hydrogens (tertiary/aromatic N) is 2. The minimum atomic E-state index is -3.77. The summed E-state index contributed by atoms with van der Waals surface area (Å²) in [7, 11) is -2.41. The fourth-order valence-electron chi connectivity index (χ4n) is 4.49. The second-order valence-electron chi connectivity index (χ2n) is 8.82. The number of nitrogens with one attached hydrogen (secondary N) is 1. The van der Waals surface area contributed by atoms with Gasteiger partial charge in [0.05, 0.1) is 24.3 Å². The lowest BCUT2D eigenvalue weighted by Crippen LogP contribution is -2.33. The number of hydrogen-bond donors (Lipinski definition) is 1. The zero-order valence-corrected chi connectivity index (χ0v) is 21.3. The number of ether oxygens (including phenoxy) is 1. The Morgan fingerprint density at radius 1 is 1.17 bits per heavy atom. The molecule has 0 unspecified atom stereocenters. The zero-order valence-electron chi connectivity index (χ0n) is 20.5. The van der Waals surface area contributed by atoms with Crippen molar-refractivity contribution in [2.45, 2.75) is 57.9 Å². The summed E-state index contributed by atoms with van der Waals surface area (Å²) in [5.74, 6) is 0.0259. The van der Waals surface area contributed by atoms with Crippen molar-refractivity contribution in [1.82, 2.24) is 5.32 Å². The molecule has 35 heavy (non-hydrogen) atoms. The average Bonchev–Trinajstić information content (AvgIpc) is 2.83. The SMILES string of the molecule is CC[C@@H](NC(=O)CCCN(c1cc([N+](=O)[O-])ccc1OC)S(C)(=O)=O)c1ccc2c(c1)CCCC2. The van der Waals surface area contributed by atoms with Gasteiger partial charge in [0.2, 0.25) is 15.9 Å². The highest BCUT2D eigenvalue weighted by atomic mass is 32.2. The standard InChI is InChI=1S/C25H33N3O6S/c1-4-22(20-12-11-18-8-5-6-9-19(18)16-20)26-25(29)10-7-15-27(35(3,32)33)23-17-21(28(30)31)13-14-24(23)34-2/h11-14,16-17,22H,4-10,15H2,1-3H3,(H,26,29)/t22-/m1/s1. The maximum absolute atomic E-state index is 12.7. The van der Waals surface area contributed by atoms with Crippen LogP contribution in [0.15, 0.2) is 36.4 Å². The van der Waals surface area contributed by atoms with Crippen LogP contribution in [0, 0.1) is 10.1 Å². The number of carbonyl (C=O) groups excluding carboxylic acids is 1. The van der Waals surface area contributed by atoms with E-state index in [1.54, 1.807) is 0 Å². The van der Waals surface area contributed by atoms with Gasteiger partial charge in [0.15, 0.2) is 0 Å². The molecule has 2 aromatic rings. The fourth-order valence-corrected chi connectivity index (χ4v) is 5.45. The maximum Gasteiger partial charge on any atom is 0.271 e. The molecule has 1 atom stereocenters.